The van der Waals surface area contributed by atoms with Gasteiger partial charge in [0.25, 0.3) is 0 Å². The fourth-order valence-electron chi connectivity index (χ4n) is 1.55. The van der Waals surface area contributed by atoms with Crippen LogP contribution in [0.15, 0.2) is 0 Å². The number of hydrogen-bond acceptors (Lipinski definition) is 3. The van der Waals surface area contributed by atoms with Crippen molar-refractivity contribution < 1.29 is 19.4 Å². The number of carboxylic acid groups (broad SMARTS) is 1. The van der Waals surface area contributed by atoms with Gasteiger partial charge in [-0.05, 0) is 6.42 Å². The molecule has 92 valence electrons. The molecular formula is C10H18N2O4. The third kappa shape index (κ3) is 3.69. The average Bonchev–Trinajstić information content (AvgIpc) is 2.29. The van der Waals surface area contributed by atoms with Crippen molar-refractivity contribution in [2.75, 3.05) is 26.3 Å². The minimum absolute atomic E-state index is 0.316. The normalized spacial score (nSPS) is 17.9. The molecule has 0 bridgehead atoms. The van der Waals surface area contributed by atoms with Gasteiger partial charge in [0.15, 0.2) is 0 Å². The predicted molar refractivity (Wildman–Crippen MR) is 57.3 cm³/mol. The number of ether oxygens (including phenoxy) is 1. The standard InChI is InChI=1S/C10H18N2O4/c1-2-3-8(9(13)14)11-10(15)12-4-6-16-7-5-12/h8H,2-7H2,1H3,(H,11,15)(H,13,14)/t8-/m0/s1. The van der Waals surface area contributed by atoms with Crippen molar-refractivity contribution in [3.8, 4) is 0 Å². The summed E-state index contributed by atoms with van der Waals surface area (Å²) in [5.41, 5.74) is 0. The lowest BCUT2D eigenvalue weighted by Gasteiger charge is -2.28. The second-order valence-corrected chi connectivity index (χ2v) is 3.73. The molecule has 1 heterocycles. The molecule has 0 radical (unpaired) electrons. The molecular weight excluding hydrogens is 212 g/mol. The number of urea groups is 1. The lowest BCUT2D eigenvalue weighted by molar-refractivity contribution is -0.139. The van der Waals surface area contributed by atoms with E-state index >= 15 is 0 Å². The molecule has 2 N–H and O–H groups in total. The number of carboxylic acids is 1. The highest BCUT2D eigenvalue weighted by atomic mass is 16.5. The van der Waals surface area contributed by atoms with Gasteiger partial charge in [0, 0.05) is 13.1 Å². The van der Waals surface area contributed by atoms with Crippen LogP contribution in [-0.4, -0.2) is 54.4 Å². The molecule has 0 aliphatic carbocycles. The molecule has 0 aromatic heterocycles. The maximum atomic E-state index is 11.7. The minimum atomic E-state index is -0.983. The van der Waals surface area contributed by atoms with Gasteiger partial charge in [-0.15, -0.1) is 0 Å². The molecule has 0 spiro atoms. The first-order valence-electron chi connectivity index (χ1n) is 5.51. The molecule has 6 heteroatoms. The number of carbonyl (C=O) groups is 2. The summed E-state index contributed by atoms with van der Waals surface area (Å²) in [5, 5.41) is 11.4. The van der Waals surface area contributed by atoms with E-state index < -0.39 is 12.0 Å². The van der Waals surface area contributed by atoms with Crippen LogP contribution in [0.25, 0.3) is 0 Å². The van der Waals surface area contributed by atoms with Gasteiger partial charge in [0.2, 0.25) is 0 Å². The van der Waals surface area contributed by atoms with E-state index in [1.54, 1.807) is 4.90 Å². The lowest BCUT2D eigenvalue weighted by atomic mass is 10.2. The zero-order valence-electron chi connectivity index (χ0n) is 9.44. The Hall–Kier alpha value is -1.30. The molecule has 1 fully saturated rings. The van der Waals surface area contributed by atoms with E-state index in [1.807, 2.05) is 6.92 Å². The summed E-state index contributed by atoms with van der Waals surface area (Å²) in [7, 11) is 0. The number of aliphatic carboxylic acids is 1. The largest absolute Gasteiger partial charge is 0.480 e. The number of hydrogen-bond donors (Lipinski definition) is 2. The van der Waals surface area contributed by atoms with Crippen LogP contribution in [0.5, 0.6) is 0 Å². The summed E-state index contributed by atoms with van der Waals surface area (Å²) < 4.78 is 5.11. The Morgan fingerprint density at radius 3 is 2.56 bits per heavy atom. The SMILES string of the molecule is CCC[C@H](NC(=O)N1CCOCC1)C(=O)O. The fraction of sp³-hybridized carbons (Fsp3) is 0.800. The average molecular weight is 230 g/mol. The summed E-state index contributed by atoms with van der Waals surface area (Å²) in [6, 6.07) is -1.11. The summed E-state index contributed by atoms with van der Waals surface area (Å²) >= 11 is 0. The van der Waals surface area contributed by atoms with Crippen LogP contribution in [0, 0.1) is 0 Å². The first-order valence-corrected chi connectivity index (χ1v) is 5.51. The van der Waals surface area contributed by atoms with Crippen LogP contribution in [-0.2, 0) is 9.53 Å². The minimum Gasteiger partial charge on any atom is -0.480 e. The van der Waals surface area contributed by atoms with Crippen molar-refractivity contribution in [3.63, 3.8) is 0 Å². The molecule has 2 amide bonds. The van der Waals surface area contributed by atoms with Crippen molar-refractivity contribution in [1.29, 1.82) is 0 Å². The lowest BCUT2D eigenvalue weighted by Crippen LogP contribution is -2.51. The van der Waals surface area contributed by atoms with Gasteiger partial charge in [0.05, 0.1) is 13.2 Å². The van der Waals surface area contributed by atoms with Crippen molar-refractivity contribution >= 4 is 12.0 Å². The Morgan fingerprint density at radius 2 is 2.06 bits per heavy atom. The van der Waals surface area contributed by atoms with Crippen LogP contribution < -0.4 is 5.32 Å². The maximum Gasteiger partial charge on any atom is 0.326 e. The molecule has 6 nitrogen and oxygen atoms in total. The van der Waals surface area contributed by atoms with Crippen LogP contribution in [0.3, 0.4) is 0 Å². The Balaban J connectivity index is 2.43. The first kappa shape index (κ1) is 12.8. The van der Waals surface area contributed by atoms with E-state index in [9.17, 15) is 9.59 Å². The fourth-order valence-corrected chi connectivity index (χ4v) is 1.55. The van der Waals surface area contributed by atoms with Crippen LogP contribution in [0.2, 0.25) is 0 Å². The molecule has 1 aliphatic rings. The molecule has 16 heavy (non-hydrogen) atoms. The molecule has 1 aliphatic heterocycles. The third-order valence-corrected chi connectivity index (χ3v) is 2.47. The van der Waals surface area contributed by atoms with Gasteiger partial charge >= 0.3 is 12.0 Å². The number of amides is 2. The number of nitrogens with zero attached hydrogens (tertiary/aromatic N) is 1. The van der Waals surface area contributed by atoms with E-state index in [0.717, 1.165) is 6.42 Å². The molecule has 0 saturated carbocycles. The van der Waals surface area contributed by atoms with Crippen molar-refractivity contribution in [2.24, 2.45) is 0 Å². The van der Waals surface area contributed by atoms with Crippen molar-refractivity contribution in [3.05, 3.63) is 0 Å². The number of carbonyl (C=O) groups excluding carboxylic acids is 1. The summed E-state index contributed by atoms with van der Waals surface area (Å²) in [4.78, 5) is 24.1. The number of morpholine rings is 1. The van der Waals surface area contributed by atoms with E-state index in [1.165, 1.54) is 0 Å². The Labute approximate surface area is 94.6 Å². The van der Waals surface area contributed by atoms with Gasteiger partial charge in [-0.1, -0.05) is 13.3 Å². The number of rotatable bonds is 4. The summed E-state index contributed by atoms with van der Waals surface area (Å²) in [6.45, 7) is 3.95. The van der Waals surface area contributed by atoms with Gasteiger partial charge in [-0.2, -0.15) is 0 Å². The Bertz CT molecular complexity index is 251. The van der Waals surface area contributed by atoms with Gasteiger partial charge < -0.3 is 20.1 Å². The highest BCUT2D eigenvalue weighted by Gasteiger charge is 2.23. The van der Waals surface area contributed by atoms with E-state index in [4.69, 9.17) is 9.84 Å². The monoisotopic (exact) mass is 230 g/mol. The quantitative estimate of drug-likeness (QED) is 0.727. The molecule has 1 rings (SSSR count). The third-order valence-electron chi connectivity index (χ3n) is 2.47. The van der Waals surface area contributed by atoms with Crippen molar-refractivity contribution in [2.45, 2.75) is 25.8 Å². The van der Waals surface area contributed by atoms with E-state index in [0.29, 0.717) is 32.7 Å². The number of nitrogens with one attached hydrogen (secondary N) is 1. The zero-order valence-corrected chi connectivity index (χ0v) is 9.44. The molecule has 0 aromatic rings. The highest BCUT2D eigenvalue weighted by molar-refractivity contribution is 5.82. The first-order chi connectivity index (χ1) is 7.65. The van der Waals surface area contributed by atoms with E-state index in [2.05, 4.69) is 5.32 Å². The smallest absolute Gasteiger partial charge is 0.326 e. The second kappa shape index (κ2) is 6.32. The molecule has 1 saturated heterocycles. The van der Waals surface area contributed by atoms with Gasteiger partial charge in [-0.3, -0.25) is 0 Å². The topological polar surface area (TPSA) is 78.9 Å². The van der Waals surface area contributed by atoms with Crippen molar-refractivity contribution in [1.82, 2.24) is 10.2 Å². The predicted octanol–water partition coefficient (Wildman–Crippen LogP) is 0.281. The highest BCUT2D eigenvalue weighted by Crippen LogP contribution is 2.01. The van der Waals surface area contributed by atoms with Gasteiger partial charge in [0.1, 0.15) is 6.04 Å². The molecule has 0 unspecified atom stereocenters. The maximum absolute atomic E-state index is 11.7. The zero-order chi connectivity index (χ0) is 12.0. The van der Waals surface area contributed by atoms with Crippen LogP contribution >= 0.6 is 0 Å². The molecule has 0 aromatic carbocycles. The van der Waals surface area contributed by atoms with Gasteiger partial charge in [-0.25, -0.2) is 9.59 Å². The summed E-state index contributed by atoms with van der Waals surface area (Å²) in [6.07, 6.45) is 1.17. The second-order valence-electron chi connectivity index (χ2n) is 3.73. The summed E-state index contributed by atoms with van der Waals surface area (Å²) in [5.74, 6) is -0.983. The van der Waals surface area contributed by atoms with Crippen LogP contribution in [0.1, 0.15) is 19.8 Å². The van der Waals surface area contributed by atoms with Crippen LogP contribution in [0.4, 0.5) is 4.79 Å². The molecule has 1 atom stereocenters. The Kier molecular flexibility index (Phi) is 5.04. The Morgan fingerprint density at radius 1 is 1.44 bits per heavy atom. The van der Waals surface area contributed by atoms with E-state index in [-0.39, 0.29) is 6.03 Å².